The first kappa shape index (κ1) is 7.31. The maximum absolute atomic E-state index is 9.42. The van der Waals surface area contributed by atoms with E-state index in [9.17, 15) is 5.11 Å². The van der Waals surface area contributed by atoms with Crippen LogP contribution in [-0.2, 0) is 6.42 Å². The molecule has 0 bridgehead atoms. The molecule has 2 rings (SSSR count). The van der Waals surface area contributed by atoms with E-state index in [2.05, 4.69) is 5.16 Å². The fourth-order valence-electron chi connectivity index (χ4n) is 1.55. The molecule has 0 saturated carbocycles. The summed E-state index contributed by atoms with van der Waals surface area (Å²) < 4.78 is 0. The molecule has 1 aromatic rings. The van der Waals surface area contributed by atoms with Crippen LogP contribution in [-0.4, -0.2) is 22.1 Å². The highest BCUT2D eigenvalue weighted by Crippen LogP contribution is 2.22. The van der Waals surface area contributed by atoms with Gasteiger partial charge in [0.25, 0.3) is 0 Å². The quantitative estimate of drug-likeness (QED) is 0.438. The van der Waals surface area contributed by atoms with Crippen molar-refractivity contribution in [2.24, 2.45) is 5.16 Å². The fraction of sp³-hybridized carbons (Fsp3) is 0.222. The van der Waals surface area contributed by atoms with Crippen molar-refractivity contribution in [2.75, 3.05) is 0 Å². The third kappa shape index (κ3) is 0.905. The molecule has 2 N–H and O–H groups in total. The molecule has 3 heteroatoms. The molecule has 62 valence electrons. The summed E-state index contributed by atoms with van der Waals surface area (Å²) >= 11 is 0. The van der Waals surface area contributed by atoms with Crippen LogP contribution >= 0.6 is 0 Å². The lowest BCUT2D eigenvalue weighted by Gasteiger charge is -1.98. The van der Waals surface area contributed by atoms with E-state index in [1.165, 1.54) is 0 Å². The van der Waals surface area contributed by atoms with E-state index in [0.29, 0.717) is 12.1 Å². The van der Waals surface area contributed by atoms with Crippen molar-refractivity contribution < 1.29 is 10.3 Å². The monoisotopic (exact) mass is 163 g/mol. The van der Waals surface area contributed by atoms with Gasteiger partial charge in [-0.3, -0.25) is 0 Å². The Morgan fingerprint density at radius 2 is 2.08 bits per heavy atom. The Bertz CT molecular complexity index is 333. The maximum Gasteiger partial charge on any atom is 0.116 e. The number of oxime groups is 1. The number of hydrogen-bond donors (Lipinski definition) is 2. The number of benzene rings is 1. The Balaban J connectivity index is 2.55. The Labute approximate surface area is 70.0 Å². The molecule has 0 aromatic heterocycles. The van der Waals surface area contributed by atoms with Crippen LogP contribution in [0.2, 0.25) is 0 Å². The molecular formula is C9H9NO2. The van der Waals surface area contributed by atoms with Crippen molar-refractivity contribution in [1.29, 1.82) is 0 Å². The highest BCUT2D eigenvalue weighted by atomic mass is 16.4. The van der Waals surface area contributed by atoms with Crippen LogP contribution in [0, 0.1) is 0 Å². The lowest BCUT2D eigenvalue weighted by Crippen LogP contribution is -2.15. The van der Waals surface area contributed by atoms with Gasteiger partial charge in [-0.25, -0.2) is 0 Å². The highest BCUT2D eigenvalue weighted by Gasteiger charge is 2.26. The zero-order valence-corrected chi connectivity index (χ0v) is 6.44. The lowest BCUT2D eigenvalue weighted by molar-refractivity contribution is 0.237. The molecule has 0 heterocycles. The van der Waals surface area contributed by atoms with Gasteiger partial charge in [0.2, 0.25) is 0 Å². The van der Waals surface area contributed by atoms with Crippen molar-refractivity contribution in [1.82, 2.24) is 0 Å². The van der Waals surface area contributed by atoms with E-state index in [1.807, 2.05) is 24.3 Å². The number of aliphatic hydroxyl groups is 1. The van der Waals surface area contributed by atoms with Gasteiger partial charge in [-0.2, -0.15) is 0 Å². The van der Waals surface area contributed by atoms with Crippen molar-refractivity contribution in [3.63, 3.8) is 0 Å². The molecule has 0 radical (unpaired) electrons. The summed E-state index contributed by atoms with van der Waals surface area (Å²) in [7, 11) is 0. The molecule has 0 fully saturated rings. The molecule has 0 spiro atoms. The molecule has 3 nitrogen and oxygen atoms in total. The first-order chi connectivity index (χ1) is 5.83. The molecule has 0 amide bonds. The van der Waals surface area contributed by atoms with Crippen LogP contribution in [0.1, 0.15) is 11.1 Å². The number of rotatable bonds is 0. The Kier molecular flexibility index (Phi) is 1.59. The van der Waals surface area contributed by atoms with Crippen LogP contribution in [0.4, 0.5) is 0 Å². The number of hydrogen-bond acceptors (Lipinski definition) is 3. The SMILES string of the molecule is ON=C1c2ccccc2CC1O. The minimum absolute atomic E-state index is 0.380. The Hall–Kier alpha value is -1.35. The van der Waals surface area contributed by atoms with Crippen LogP contribution in [0.5, 0.6) is 0 Å². The van der Waals surface area contributed by atoms with Crippen LogP contribution in [0.3, 0.4) is 0 Å². The van der Waals surface area contributed by atoms with Gasteiger partial charge in [0, 0.05) is 12.0 Å². The Morgan fingerprint density at radius 3 is 2.83 bits per heavy atom. The largest absolute Gasteiger partial charge is 0.411 e. The Morgan fingerprint density at radius 1 is 1.33 bits per heavy atom. The standard InChI is InChI=1S/C9H9NO2/c11-8-5-6-3-1-2-4-7(6)9(8)10-12/h1-4,8,11-12H,5H2. The third-order valence-electron chi connectivity index (χ3n) is 2.13. The van der Waals surface area contributed by atoms with Gasteiger partial charge in [0.1, 0.15) is 11.8 Å². The topological polar surface area (TPSA) is 52.8 Å². The van der Waals surface area contributed by atoms with E-state index < -0.39 is 6.10 Å². The third-order valence-corrected chi connectivity index (χ3v) is 2.13. The van der Waals surface area contributed by atoms with E-state index in [-0.39, 0.29) is 0 Å². The zero-order valence-electron chi connectivity index (χ0n) is 6.44. The van der Waals surface area contributed by atoms with Crippen LogP contribution < -0.4 is 0 Å². The molecule has 0 saturated heterocycles. The lowest BCUT2D eigenvalue weighted by atomic mass is 10.1. The van der Waals surface area contributed by atoms with Crippen LogP contribution in [0.15, 0.2) is 29.4 Å². The first-order valence-electron chi connectivity index (χ1n) is 3.81. The molecular weight excluding hydrogens is 154 g/mol. The minimum Gasteiger partial charge on any atom is -0.411 e. The van der Waals surface area contributed by atoms with Gasteiger partial charge in [-0.05, 0) is 5.56 Å². The predicted octanol–water partition coefficient (Wildman–Crippen LogP) is 0.782. The summed E-state index contributed by atoms with van der Waals surface area (Å²) in [5.41, 5.74) is 2.27. The molecule has 0 aliphatic heterocycles. The van der Waals surface area contributed by atoms with E-state index in [0.717, 1.165) is 11.1 Å². The van der Waals surface area contributed by atoms with Gasteiger partial charge in [-0.15, -0.1) is 0 Å². The van der Waals surface area contributed by atoms with Gasteiger partial charge in [0.05, 0.1) is 0 Å². The van der Waals surface area contributed by atoms with E-state index in [4.69, 9.17) is 5.21 Å². The number of nitrogens with zero attached hydrogens (tertiary/aromatic N) is 1. The number of aliphatic hydroxyl groups excluding tert-OH is 1. The summed E-state index contributed by atoms with van der Waals surface area (Å²) in [6.45, 7) is 0. The second-order valence-corrected chi connectivity index (χ2v) is 2.86. The first-order valence-corrected chi connectivity index (χ1v) is 3.81. The van der Waals surface area contributed by atoms with Crippen molar-refractivity contribution in [3.8, 4) is 0 Å². The molecule has 1 aliphatic carbocycles. The van der Waals surface area contributed by atoms with Crippen molar-refractivity contribution in [3.05, 3.63) is 35.4 Å². The second-order valence-electron chi connectivity index (χ2n) is 2.86. The van der Waals surface area contributed by atoms with Gasteiger partial charge >= 0.3 is 0 Å². The summed E-state index contributed by atoms with van der Waals surface area (Å²) in [5.74, 6) is 0. The molecule has 1 atom stereocenters. The van der Waals surface area contributed by atoms with E-state index >= 15 is 0 Å². The van der Waals surface area contributed by atoms with Gasteiger partial charge in [-0.1, -0.05) is 29.4 Å². The smallest absolute Gasteiger partial charge is 0.116 e. The molecule has 1 aliphatic rings. The summed E-state index contributed by atoms with van der Waals surface area (Å²) in [6.07, 6.45) is -0.0948. The average molecular weight is 163 g/mol. The summed E-state index contributed by atoms with van der Waals surface area (Å²) in [5, 5.41) is 21.1. The summed E-state index contributed by atoms with van der Waals surface area (Å²) in [4.78, 5) is 0. The zero-order chi connectivity index (χ0) is 8.55. The summed E-state index contributed by atoms with van der Waals surface area (Å²) in [6, 6.07) is 7.55. The average Bonchev–Trinajstić information content (AvgIpc) is 2.40. The maximum atomic E-state index is 9.42. The van der Waals surface area contributed by atoms with Crippen molar-refractivity contribution in [2.45, 2.75) is 12.5 Å². The number of fused-ring (bicyclic) bond motifs is 1. The predicted molar refractivity (Wildman–Crippen MR) is 44.5 cm³/mol. The van der Waals surface area contributed by atoms with Crippen LogP contribution in [0.25, 0.3) is 0 Å². The highest BCUT2D eigenvalue weighted by molar-refractivity contribution is 6.07. The minimum atomic E-state index is -0.646. The fourth-order valence-corrected chi connectivity index (χ4v) is 1.55. The van der Waals surface area contributed by atoms with Crippen molar-refractivity contribution >= 4 is 5.71 Å². The van der Waals surface area contributed by atoms with E-state index in [1.54, 1.807) is 0 Å². The normalized spacial score (nSPS) is 24.4. The molecule has 1 aromatic carbocycles. The molecule has 12 heavy (non-hydrogen) atoms. The van der Waals surface area contributed by atoms with Gasteiger partial charge < -0.3 is 10.3 Å². The molecule has 1 unspecified atom stereocenters. The second kappa shape index (κ2) is 2.60. The van der Waals surface area contributed by atoms with Gasteiger partial charge in [0.15, 0.2) is 0 Å².